The number of carbonyl (C=O) groups excluding carboxylic acids is 3. The van der Waals surface area contributed by atoms with E-state index in [0.717, 1.165) is 0 Å². The van der Waals surface area contributed by atoms with Gasteiger partial charge < -0.3 is 31.9 Å². The summed E-state index contributed by atoms with van der Waals surface area (Å²) in [5.41, 5.74) is 6.09. The van der Waals surface area contributed by atoms with Crippen molar-refractivity contribution in [3.8, 4) is 5.75 Å². The van der Waals surface area contributed by atoms with Crippen molar-refractivity contribution in [2.24, 2.45) is 11.7 Å². The van der Waals surface area contributed by atoms with Crippen LogP contribution in [0.5, 0.6) is 5.75 Å². The van der Waals surface area contributed by atoms with Gasteiger partial charge in [0.2, 0.25) is 17.7 Å². The zero-order valence-corrected chi connectivity index (χ0v) is 18.2. The Balaban J connectivity index is 2.86. The van der Waals surface area contributed by atoms with Gasteiger partial charge in [0.25, 0.3) is 0 Å². The predicted octanol–water partition coefficient (Wildman–Crippen LogP) is -0.113. The highest BCUT2D eigenvalue weighted by Crippen LogP contribution is 2.12. The molecule has 4 atom stereocenters. The van der Waals surface area contributed by atoms with E-state index in [1.807, 2.05) is 13.8 Å². The van der Waals surface area contributed by atoms with E-state index in [4.69, 9.17) is 5.73 Å². The molecule has 10 heteroatoms. The predicted molar refractivity (Wildman–Crippen MR) is 114 cm³/mol. The molecule has 1 rings (SSSR count). The van der Waals surface area contributed by atoms with Gasteiger partial charge in [0.1, 0.15) is 23.9 Å². The molecule has 1 aromatic rings. The molecule has 3 amide bonds. The van der Waals surface area contributed by atoms with Crippen LogP contribution >= 0.6 is 0 Å². The number of benzene rings is 1. The Bertz CT molecular complexity index is 779. The number of hydrogen-bond acceptors (Lipinski definition) is 6. The minimum atomic E-state index is -1.23. The average molecular weight is 437 g/mol. The van der Waals surface area contributed by atoms with E-state index >= 15 is 0 Å². The Morgan fingerprint density at radius 3 is 1.90 bits per heavy atom. The third-order valence-corrected chi connectivity index (χ3v) is 4.50. The molecule has 0 aliphatic rings. The van der Waals surface area contributed by atoms with Gasteiger partial charge in [-0.05, 0) is 43.9 Å². The molecule has 1 aromatic carbocycles. The maximum atomic E-state index is 12.8. The van der Waals surface area contributed by atoms with Gasteiger partial charge >= 0.3 is 5.97 Å². The largest absolute Gasteiger partial charge is 0.508 e. The summed E-state index contributed by atoms with van der Waals surface area (Å²) in [7, 11) is 0. The van der Waals surface area contributed by atoms with Crippen LogP contribution in [0.25, 0.3) is 0 Å². The molecular weight excluding hydrogens is 404 g/mol. The Labute approximate surface area is 181 Å². The topological polar surface area (TPSA) is 171 Å². The first-order valence-corrected chi connectivity index (χ1v) is 10.1. The van der Waals surface area contributed by atoms with Crippen LogP contribution < -0.4 is 21.7 Å². The van der Waals surface area contributed by atoms with Crippen molar-refractivity contribution in [2.45, 2.75) is 64.7 Å². The number of nitrogens with two attached hydrogens (primary N) is 1. The smallest absolute Gasteiger partial charge is 0.326 e. The highest BCUT2D eigenvalue weighted by atomic mass is 16.4. The normalized spacial score (nSPS) is 14.8. The second-order valence-corrected chi connectivity index (χ2v) is 7.98. The fourth-order valence-corrected chi connectivity index (χ4v) is 2.75. The number of aliphatic carboxylic acids is 1. The second-order valence-electron chi connectivity index (χ2n) is 7.98. The fourth-order valence-electron chi connectivity index (χ4n) is 2.75. The number of phenolic OH excluding ortho intramolecular Hbond substituents is 1. The molecule has 0 aliphatic carbocycles. The standard InChI is InChI=1S/C21H32N4O6/c1-11(2)9-16(24-19(28)13(4)23-18(27)12(3)22)20(29)25-17(21(30)31)10-14-5-7-15(26)8-6-14/h5-8,11-13,16-17,26H,9-10,22H2,1-4H3,(H,23,27)(H,24,28)(H,25,29)(H,30,31). The first kappa shape index (κ1) is 25.9. The number of hydrogen-bond donors (Lipinski definition) is 6. The molecule has 0 heterocycles. The van der Waals surface area contributed by atoms with Crippen LogP contribution in [-0.4, -0.2) is 58.1 Å². The monoisotopic (exact) mass is 436 g/mol. The molecule has 0 spiro atoms. The first-order chi connectivity index (χ1) is 14.4. The molecule has 0 fully saturated rings. The number of amides is 3. The fraction of sp³-hybridized carbons (Fsp3) is 0.524. The molecule has 7 N–H and O–H groups in total. The summed E-state index contributed by atoms with van der Waals surface area (Å²) in [5.74, 6) is -2.88. The summed E-state index contributed by atoms with van der Waals surface area (Å²) in [6.45, 7) is 6.66. The average Bonchev–Trinajstić information content (AvgIpc) is 2.67. The maximum Gasteiger partial charge on any atom is 0.326 e. The molecule has 0 bridgehead atoms. The molecular formula is C21H32N4O6. The molecule has 0 saturated heterocycles. The summed E-state index contributed by atoms with van der Waals surface area (Å²) >= 11 is 0. The van der Waals surface area contributed by atoms with Crippen molar-refractivity contribution in [3.05, 3.63) is 29.8 Å². The van der Waals surface area contributed by atoms with Crippen LogP contribution in [-0.2, 0) is 25.6 Å². The van der Waals surface area contributed by atoms with Gasteiger partial charge in [-0.25, -0.2) is 4.79 Å². The van der Waals surface area contributed by atoms with E-state index in [1.165, 1.54) is 26.0 Å². The highest BCUT2D eigenvalue weighted by Gasteiger charge is 2.29. The Hall–Kier alpha value is -3.14. The number of carbonyl (C=O) groups is 4. The molecule has 0 aromatic heterocycles. The van der Waals surface area contributed by atoms with Gasteiger partial charge in [0, 0.05) is 6.42 Å². The van der Waals surface area contributed by atoms with Crippen LogP contribution in [0.4, 0.5) is 0 Å². The van der Waals surface area contributed by atoms with Crippen LogP contribution in [0.1, 0.15) is 39.7 Å². The van der Waals surface area contributed by atoms with Crippen molar-refractivity contribution in [2.75, 3.05) is 0 Å². The van der Waals surface area contributed by atoms with Gasteiger partial charge in [0.15, 0.2) is 0 Å². The molecule has 0 radical (unpaired) electrons. The second kappa shape index (κ2) is 11.9. The van der Waals surface area contributed by atoms with E-state index < -0.39 is 47.9 Å². The number of nitrogens with one attached hydrogen (secondary N) is 3. The van der Waals surface area contributed by atoms with Gasteiger partial charge in [-0.15, -0.1) is 0 Å². The lowest BCUT2D eigenvalue weighted by Crippen LogP contribution is -2.56. The number of aromatic hydroxyl groups is 1. The lowest BCUT2D eigenvalue weighted by Gasteiger charge is -2.24. The molecule has 10 nitrogen and oxygen atoms in total. The molecule has 172 valence electrons. The molecule has 4 unspecified atom stereocenters. The lowest BCUT2D eigenvalue weighted by molar-refractivity contribution is -0.142. The zero-order chi connectivity index (χ0) is 23.7. The number of phenols is 1. The van der Waals surface area contributed by atoms with Crippen LogP contribution in [0.15, 0.2) is 24.3 Å². The molecule has 31 heavy (non-hydrogen) atoms. The third-order valence-electron chi connectivity index (χ3n) is 4.50. The number of carboxylic acids is 1. The SMILES string of the molecule is CC(C)CC(NC(=O)C(C)NC(=O)C(C)N)C(=O)NC(Cc1ccc(O)cc1)C(=O)O. The molecule has 0 aliphatic heterocycles. The van der Waals surface area contributed by atoms with Gasteiger partial charge in [0.05, 0.1) is 6.04 Å². The van der Waals surface area contributed by atoms with Gasteiger partial charge in [-0.1, -0.05) is 26.0 Å². The summed E-state index contributed by atoms with van der Waals surface area (Å²) in [5, 5.41) is 26.4. The van der Waals surface area contributed by atoms with E-state index in [2.05, 4.69) is 16.0 Å². The van der Waals surface area contributed by atoms with Crippen molar-refractivity contribution in [3.63, 3.8) is 0 Å². The zero-order valence-electron chi connectivity index (χ0n) is 18.2. The van der Waals surface area contributed by atoms with Crippen molar-refractivity contribution < 1.29 is 29.4 Å². The third kappa shape index (κ3) is 9.04. The lowest BCUT2D eigenvalue weighted by atomic mass is 10.0. The van der Waals surface area contributed by atoms with E-state index in [-0.39, 0.29) is 24.5 Å². The summed E-state index contributed by atoms with van der Waals surface area (Å²) in [4.78, 5) is 48.6. The van der Waals surface area contributed by atoms with E-state index in [9.17, 15) is 29.4 Å². The van der Waals surface area contributed by atoms with Crippen molar-refractivity contribution in [1.29, 1.82) is 0 Å². The summed E-state index contributed by atoms with van der Waals surface area (Å²) < 4.78 is 0. The number of carboxylic acid groups (broad SMARTS) is 1. The summed E-state index contributed by atoms with van der Waals surface area (Å²) in [6, 6.07) is 2.06. The van der Waals surface area contributed by atoms with E-state index in [1.54, 1.807) is 12.1 Å². The quantitative estimate of drug-likeness (QED) is 0.281. The number of rotatable bonds is 11. The van der Waals surface area contributed by atoms with Crippen LogP contribution in [0.2, 0.25) is 0 Å². The van der Waals surface area contributed by atoms with Crippen LogP contribution in [0.3, 0.4) is 0 Å². The van der Waals surface area contributed by atoms with Crippen LogP contribution in [0, 0.1) is 5.92 Å². The molecule has 0 saturated carbocycles. The van der Waals surface area contributed by atoms with Crippen molar-refractivity contribution in [1.82, 2.24) is 16.0 Å². The maximum absolute atomic E-state index is 12.8. The Kier molecular flexibility index (Phi) is 9.94. The van der Waals surface area contributed by atoms with Crippen molar-refractivity contribution >= 4 is 23.7 Å². The Morgan fingerprint density at radius 2 is 1.42 bits per heavy atom. The van der Waals surface area contributed by atoms with Gasteiger partial charge in [-0.2, -0.15) is 0 Å². The highest BCUT2D eigenvalue weighted by molar-refractivity contribution is 5.93. The minimum Gasteiger partial charge on any atom is -0.508 e. The minimum absolute atomic E-state index is 0.00451. The first-order valence-electron chi connectivity index (χ1n) is 10.1. The van der Waals surface area contributed by atoms with Gasteiger partial charge in [-0.3, -0.25) is 14.4 Å². The Morgan fingerprint density at radius 1 is 0.871 bits per heavy atom. The summed E-state index contributed by atoms with van der Waals surface area (Å²) in [6.07, 6.45) is 0.279. The van der Waals surface area contributed by atoms with E-state index in [0.29, 0.717) is 5.56 Å².